The van der Waals surface area contributed by atoms with Crippen LogP contribution < -0.4 is 4.90 Å². The monoisotopic (exact) mass is 339 g/mol. The number of nitrogens with zero attached hydrogens (tertiary/aromatic N) is 1. The standard InChI is InChI=1S/C17H26BrNO/c1-4-13-5-7-14(8-6-13)19(3)15-9-10-16(12(2)20)17(18)11-15/h9-14,20H,4-8H2,1-3H3/t12-,13?,14?/m0/s1. The molecule has 3 heteroatoms. The van der Waals surface area contributed by atoms with Crippen LogP contribution in [-0.4, -0.2) is 18.2 Å². The van der Waals surface area contributed by atoms with Crippen molar-refractivity contribution in [1.82, 2.24) is 0 Å². The minimum absolute atomic E-state index is 0.427. The van der Waals surface area contributed by atoms with E-state index in [-0.39, 0.29) is 0 Å². The third-order valence-corrected chi connectivity index (χ3v) is 5.47. The molecular formula is C17H26BrNO. The fourth-order valence-electron chi connectivity index (χ4n) is 3.23. The van der Waals surface area contributed by atoms with E-state index < -0.39 is 6.10 Å². The number of rotatable bonds is 4. The van der Waals surface area contributed by atoms with Gasteiger partial charge in [0.25, 0.3) is 0 Å². The predicted molar refractivity (Wildman–Crippen MR) is 89.2 cm³/mol. The highest BCUT2D eigenvalue weighted by atomic mass is 79.9. The maximum absolute atomic E-state index is 9.70. The fourth-order valence-corrected chi connectivity index (χ4v) is 3.92. The van der Waals surface area contributed by atoms with Gasteiger partial charge >= 0.3 is 0 Å². The maximum atomic E-state index is 9.70. The van der Waals surface area contributed by atoms with E-state index in [0.717, 1.165) is 16.0 Å². The first-order valence-corrected chi connectivity index (χ1v) is 8.52. The van der Waals surface area contributed by atoms with Crippen LogP contribution in [0, 0.1) is 5.92 Å². The number of anilines is 1. The smallest absolute Gasteiger partial charge is 0.0772 e. The fraction of sp³-hybridized carbons (Fsp3) is 0.647. The third-order valence-electron chi connectivity index (χ3n) is 4.78. The summed E-state index contributed by atoms with van der Waals surface area (Å²) >= 11 is 3.57. The van der Waals surface area contributed by atoms with Crippen molar-refractivity contribution in [3.8, 4) is 0 Å². The molecule has 0 aliphatic heterocycles. The molecule has 0 unspecified atom stereocenters. The lowest BCUT2D eigenvalue weighted by Gasteiger charge is -2.36. The highest BCUT2D eigenvalue weighted by Crippen LogP contribution is 2.33. The number of hydrogen-bond acceptors (Lipinski definition) is 2. The molecule has 1 saturated carbocycles. The molecule has 0 saturated heterocycles. The van der Waals surface area contributed by atoms with Crippen molar-refractivity contribution < 1.29 is 5.11 Å². The van der Waals surface area contributed by atoms with Gasteiger partial charge in [0, 0.05) is 23.2 Å². The average molecular weight is 340 g/mol. The van der Waals surface area contributed by atoms with Crippen LogP contribution in [0.2, 0.25) is 0 Å². The molecule has 1 fully saturated rings. The van der Waals surface area contributed by atoms with Crippen molar-refractivity contribution in [3.63, 3.8) is 0 Å². The summed E-state index contributed by atoms with van der Waals surface area (Å²) in [6.07, 6.45) is 6.21. The topological polar surface area (TPSA) is 23.5 Å². The van der Waals surface area contributed by atoms with Crippen LogP contribution in [0.3, 0.4) is 0 Å². The third kappa shape index (κ3) is 3.56. The first-order chi connectivity index (χ1) is 9.52. The number of aliphatic hydroxyl groups excluding tert-OH is 1. The Hall–Kier alpha value is -0.540. The number of halogens is 1. The minimum atomic E-state index is -0.427. The van der Waals surface area contributed by atoms with E-state index in [1.165, 1.54) is 37.8 Å². The summed E-state index contributed by atoms with van der Waals surface area (Å²) in [7, 11) is 2.20. The van der Waals surface area contributed by atoms with Gasteiger partial charge in [0.2, 0.25) is 0 Å². The van der Waals surface area contributed by atoms with E-state index >= 15 is 0 Å². The summed E-state index contributed by atoms with van der Waals surface area (Å²) in [5.41, 5.74) is 2.19. The lowest BCUT2D eigenvalue weighted by molar-refractivity contribution is 0.198. The summed E-state index contributed by atoms with van der Waals surface area (Å²) in [5, 5.41) is 9.70. The maximum Gasteiger partial charge on any atom is 0.0772 e. The van der Waals surface area contributed by atoms with Crippen molar-refractivity contribution in [2.24, 2.45) is 5.92 Å². The van der Waals surface area contributed by atoms with Gasteiger partial charge in [0.15, 0.2) is 0 Å². The minimum Gasteiger partial charge on any atom is -0.389 e. The van der Waals surface area contributed by atoms with E-state index in [1.54, 1.807) is 6.92 Å². The second-order valence-corrected chi connectivity index (χ2v) is 6.93. The van der Waals surface area contributed by atoms with Crippen molar-refractivity contribution in [2.75, 3.05) is 11.9 Å². The Morgan fingerprint density at radius 1 is 1.30 bits per heavy atom. The second-order valence-electron chi connectivity index (χ2n) is 6.08. The van der Waals surface area contributed by atoms with Crippen molar-refractivity contribution in [1.29, 1.82) is 0 Å². The molecule has 20 heavy (non-hydrogen) atoms. The number of hydrogen-bond donors (Lipinski definition) is 1. The summed E-state index contributed by atoms with van der Waals surface area (Å²) < 4.78 is 0.999. The molecule has 1 N–H and O–H groups in total. The Morgan fingerprint density at radius 3 is 2.45 bits per heavy atom. The Morgan fingerprint density at radius 2 is 1.95 bits per heavy atom. The summed E-state index contributed by atoms with van der Waals surface area (Å²) in [4.78, 5) is 2.41. The zero-order valence-corrected chi connectivity index (χ0v) is 14.4. The number of benzene rings is 1. The van der Waals surface area contributed by atoms with Crippen molar-refractivity contribution in [2.45, 2.75) is 58.1 Å². The van der Waals surface area contributed by atoms with Gasteiger partial charge in [0.05, 0.1) is 6.10 Å². The molecule has 0 aromatic heterocycles. The largest absolute Gasteiger partial charge is 0.389 e. The Kier molecular flexibility index (Phi) is 5.50. The van der Waals surface area contributed by atoms with Gasteiger partial charge in [-0.05, 0) is 56.2 Å². The highest BCUT2D eigenvalue weighted by molar-refractivity contribution is 9.10. The van der Waals surface area contributed by atoms with Crippen LogP contribution in [0.15, 0.2) is 22.7 Å². The van der Waals surface area contributed by atoms with Gasteiger partial charge in [0.1, 0.15) is 0 Å². The molecule has 0 bridgehead atoms. The van der Waals surface area contributed by atoms with Crippen LogP contribution in [-0.2, 0) is 0 Å². The molecule has 0 heterocycles. The van der Waals surface area contributed by atoms with Gasteiger partial charge in [-0.2, -0.15) is 0 Å². The Labute approximate surface area is 131 Å². The quantitative estimate of drug-likeness (QED) is 0.842. The normalized spacial score (nSPS) is 24.4. The molecule has 2 rings (SSSR count). The molecule has 1 aromatic carbocycles. The van der Waals surface area contributed by atoms with E-state index in [0.29, 0.717) is 6.04 Å². The molecule has 1 atom stereocenters. The molecule has 1 aliphatic carbocycles. The van der Waals surface area contributed by atoms with Gasteiger partial charge in [-0.3, -0.25) is 0 Å². The summed E-state index contributed by atoms with van der Waals surface area (Å²) in [6.45, 7) is 4.11. The van der Waals surface area contributed by atoms with E-state index in [4.69, 9.17) is 0 Å². The summed E-state index contributed by atoms with van der Waals surface area (Å²) in [6, 6.07) is 6.94. The van der Waals surface area contributed by atoms with Gasteiger partial charge < -0.3 is 10.0 Å². The molecular weight excluding hydrogens is 314 g/mol. The van der Waals surface area contributed by atoms with Crippen LogP contribution in [0.4, 0.5) is 5.69 Å². The van der Waals surface area contributed by atoms with Crippen molar-refractivity contribution >= 4 is 21.6 Å². The lowest BCUT2D eigenvalue weighted by atomic mass is 9.84. The second kappa shape index (κ2) is 6.95. The first kappa shape index (κ1) is 15.8. The van der Waals surface area contributed by atoms with Crippen LogP contribution in [0.5, 0.6) is 0 Å². The van der Waals surface area contributed by atoms with E-state index in [1.807, 2.05) is 6.07 Å². The Balaban J connectivity index is 2.06. The van der Waals surface area contributed by atoms with Crippen LogP contribution in [0.1, 0.15) is 57.6 Å². The zero-order valence-electron chi connectivity index (χ0n) is 12.8. The SMILES string of the molecule is CCC1CCC(N(C)c2ccc([C@H](C)O)c(Br)c2)CC1. The molecule has 2 nitrogen and oxygen atoms in total. The first-order valence-electron chi connectivity index (χ1n) is 7.73. The van der Waals surface area contributed by atoms with Gasteiger partial charge in [-0.1, -0.05) is 35.3 Å². The molecule has 1 aliphatic rings. The molecule has 0 radical (unpaired) electrons. The van der Waals surface area contributed by atoms with Crippen LogP contribution >= 0.6 is 15.9 Å². The molecule has 112 valence electrons. The lowest BCUT2D eigenvalue weighted by Crippen LogP contribution is -2.35. The van der Waals surface area contributed by atoms with E-state index in [2.05, 4.69) is 46.9 Å². The van der Waals surface area contributed by atoms with Crippen molar-refractivity contribution in [3.05, 3.63) is 28.2 Å². The van der Waals surface area contributed by atoms with Crippen LogP contribution in [0.25, 0.3) is 0 Å². The molecule has 0 spiro atoms. The Bertz CT molecular complexity index is 439. The van der Waals surface area contributed by atoms with E-state index in [9.17, 15) is 5.11 Å². The average Bonchev–Trinajstić information content (AvgIpc) is 2.46. The summed E-state index contributed by atoms with van der Waals surface area (Å²) in [5.74, 6) is 0.934. The zero-order chi connectivity index (χ0) is 14.7. The molecule has 0 amide bonds. The van der Waals surface area contributed by atoms with Gasteiger partial charge in [-0.25, -0.2) is 0 Å². The molecule has 1 aromatic rings. The number of aliphatic hydroxyl groups is 1. The van der Waals surface area contributed by atoms with Gasteiger partial charge in [-0.15, -0.1) is 0 Å². The predicted octanol–water partition coefficient (Wildman–Crippen LogP) is 4.91. The highest BCUT2D eigenvalue weighted by Gasteiger charge is 2.23.